The summed E-state index contributed by atoms with van der Waals surface area (Å²) in [6.45, 7) is 2.11. The highest BCUT2D eigenvalue weighted by Crippen LogP contribution is 2.40. The van der Waals surface area contributed by atoms with E-state index in [0.717, 1.165) is 77.3 Å². The Morgan fingerprint density at radius 2 is 1.16 bits per heavy atom. The summed E-state index contributed by atoms with van der Waals surface area (Å²) in [6, 6.07) is 63.1. The van der Waals surface area contributed by atoms with Gasteiger partial charge in [0.15, 0.2) is 11.4 Å². The number of fused-ring (bicyclic) bond motifs is 9. The van der Waals surface area contributed by atoms with Crippen molar-refractivity contribution >= 4 is 77.7 Å². The number of aromatic nitrogens is 1. The van der Waals surface area contributed by atoms with Crippen LogP contribution in [0.3, 0.4) is 0 Å². The third-order valence-electron chi connectivity index (χ3n) is 11.1. The van der Waals surface area contributed by atoms with Gasteiger partial charge in [-0.05, 0) is 60.0 Å². The molecule has 270 valence electrons. The molecular formula is C52H35N3O2. The van der Waals surface area contributed by atoms with Crippen LogP contribution in [0, 0.1) is 0 Å². The van der Waals surface area contributed by atoms with E-state index >= 15 is 0 Å². The van der Waals surface area contributed by atoms with Crippen molar-refractivity contribution in [1.29, 1.82) is 0 Å². The van der Waals surface area contributed by atoms with Crippen LogP contribution in [-0.4, -0.2) is 16.6 Å². The van der Waals surface area contributed by atoms with E-state index in [4.69, 9.17) is 18.8 Å². The van der Waals surface area contributed by atoms with Gasteiger partial charge in [0, 0.05) is 49.7 Å². The molecule has 8 aromatic carbocycles. The molecular weight excluding hydrogens is 699 g/mol. The van der Waals surface area contributed by atoms with E-state index in [1.54, 1.807) is 0 Å². The maximum absolute atomic E-state index is 6.86. The van der Waals surface area contributed by atoms with E-state index in [2.05, 4.69) is 133 Å². The topological polar surface area (TPSA) is 55.9 Å². The Hall–Kier alpha value is -7.50. The molecule has 57 heavy (non-hydrogen) atoms. The Morgan fingerprint density at radius 3 is 2.02 bits per heavy atom. The molecule has 0 aliphatic carbocycles. The number of hydrogen-bond acceptors (Lipinski definition) is 3. The molecule has 3 aromatic heterocycles. The minimum absolute atomic E-state index is 0.204. The Bertz CT molecular complexity index is 3370. The first kappa shape index (κ1) is 32.9. The van der Waals surface area contributed by atoms with E-state index in [9.17, 15) is 0 Å². The molecule has 0 saturated heterocycles. The number of hydrogen-bond donors (Lipinski definition) is 0. The lowest BCUT2D eigenvalue weighted by molar-refractivity contribution is 0.664. The fourth-order valence-electron chi connectivity index (χ4n) is 8.31. The van der Waals surface area contributed by atoms with Gasteiger partial charge in [-0.15, -0.1) is 0 Å². The van der Waals surface area contributed by atoms with E-state index in [1.807, 2.05) is 66.9 Å². The fourth-order valence-corrected chi connectivity index (χ4v) is 8.31. The molecule has 0 aliphatic heterocycles. The highest BCUT2D eigenvalue weighted by molar-refractivity contribution is 6.14. The van der Waals surface area contributed by atoms with Gasteiger partial charge in [-0.25, -0.2) is 4.99 Å². The second-order valence-corrected chi connectivity index (χ2v) is 14.5. The first-order valence-electron chi connectivity index (χ1n) is 19.3. The van der Waals surface area contributed by atoms with Crippen LogP contribution in [0.15, 0.2) is 201 Å². The maximum Gasteiger partial charge on any atom is 0.159 e. The van der Waals surface area contributed by atoms with Crippen LogP contribution >= 0.6 is 0 Å². The van der Waals surface area contributed by atoms with Gasteiger partial charge in [-0.3, -0.25) is 4.99 Å². The average Bonchev–Trinajstić information content (AvgIpc) is 3.95. The quantitative estimate of drug-likeness (QED) is 0.126. The average molecular weight is 734 g/mol. The lowest BCUT2D eigenvalue weighted by Gasteiger charge is -2.10. The summed E-state index contributed by atoms with van der Waals surface area (Å²) in [7, 11) is 0. The molecule has 5 heteroatoms. The molecule has 11 aromatic rings. The van der Waals surface area contributed by atoms with E-state index in [1.165, 1.54) is 21.9 Å². The lowest BCUT2D eigenvalue weighted by atomic mass is 10.0. The van der Waals surface area contributed by atoms with Crippen LogP contribution in [0.2, 0.25) is 0 Å². The molecule has 0 N–H and O–H groups in total. The molecule has 0 radical (unpaired) electrons. The molecule has 11 rings (SSSR count). The molecule has 0 fully saturated rings. The zero-order chi connectivity index (χ0) is 37.9. The highest BCUT2D eigenvalue weighted by atomic mass is 16.3. The van der Waals surface area contributed by atoms with E-state index < -0.39 is 0 Å². The smallest absolute Gasteiger partial charge is 0.159 e. The normalized spacial score (nSPS) is 13.0. The summed E-state index contributed by atoms with van der Waals surface area (Å²) in [6.07, 6.45) is 1.87. The molecule has 0 unspecified atom stereocenters. The van der Waals surface area contributed by atoms with Crippen molar-refractivity contribution in [2.75, 3.05) is 0 Å². The van der Waals surface area contributed by atoms with Crippen molar-refractivity contribution in [3.05, 3.63) is 199 Å². The Morgan fingerprint density at radius 1 is 0.509 bits per heavy atom. The maximum atomic E-state index is 6.86. The number of benzene rings is 8. The number of rotatable bonds is 6. The third kappa shape index (κ3) is 5.55. The monoisotopic (exact) mass is 733 g/mol. The van der Waals surface area contributed by atoms with Gasteiger partial charge >= 0.3 is 0 Å². The van der Waals surface area contributed by atoms with Gasteiger partial charge in [-0.1, -0.05) is 146 Å². The van der Waals surface area contributed by atoms with Gasteiger partial charge in [0.1, 0.15) is 16.7 Å². The number of amidine groups is 1. The van der Waals surface area contributed by atoms with Crippen molar-refractivity contribution in [3.63, 3.8) is 0 Å². The van der Waals surface area contributed by atoms with Gasteiger partial charge < -0.3 is 13.4 Å². The molecule has 0 spiro atoms. The number of nitrogens with zero attached hydrogens (tertiary/aromatic N) is 3. The molecule has 0 aliphatic rings. The second kappa shape index (κ2) is 13.4. The zero-order valence-electron chi connectivity index (χ0n) is 31.1. The Kier molecular flexibility index (Phi) is 7.71. The molecule has 3 heterocycles. The fraction of sp³-hybridized carbons (Fsp3) is 0.0385. The van der Waals surface area contributed by atoms with E-state index in [-0.39, 0.29) is 6.04 Å². The largest absolute Gasteiger partial charge is 0.455 e. The van der Waals surface area contributed by atoms with Gasteiger partial charge in [0.05, 0.1) is 22.8 Å². The summed E-state index contributed by atoms with van der Waals surface area (Å²) in [4.78, 5) is 10.2. The number of furan rings is 2. The highest BCUT2D eigenvalue weighted by Gasteiger charge is 2.19. The number of aliphatic imine (C=N–C) groups is 2. The Balaban J connectivity index is 1.01. The van der Waals surface area contributed by atoms with Crippen molar-refractivity contribution in [3.8, 4) is 16.8 Å². The molecule has 5 nitrogen and oxygen atoms in total. The SMILES string of the molecule is C[C@@H](N=C(N=Cc1cccc2c1oc1ccccc12)c1ccccc1)c1ccc2c(c1)oc1c(-n3c4ccccc4c4ccc(-c5ccccc5)cc43)cccc12. The second-order valence-electron chi connectivity index (χ2n) is 14.5. The first-order chi connectivity index (χ1) is 28.2. The van der Waals surface area contributed by atoms with Gasteiger partial charge in [0.2, 0.25) is 0 Å². The standard InChI is InChI=1S/C52H35N3O2/c1-33(54-52(35-16-6-3-7-17-35)53-32-38-18-12-21-43-41-20-9-11-25-48(41)56-50(38)43)36-26-29-42-44-22-13-24-46(51(44)57-49(42)31-36)55-45-23-10-8-19-39(45)40-28-27-37(30-47(40)55)34-14-4-2-5-15-34/h2-33H,1H3/t33-/m1/s1. The third-order valence-corrected chi connectivity index (χ3v) is 11.1. The zero-order valence-corrected chi connectivity index (χ0v) is 31.1. The van der Waals surface area contributed by atoms with Crippen LogP contribution in [0.5, 0.6) is 0 Å². The molecule has 0 bridgehead atoms. The number of para-hydroxylation sites is 4. The van der Waals surface area contributed by atoms with Crippen LogP contribution in [0.25, 0.3) is 82.5 Å². The van der Waals surface area contributed by atoms with Crippen LogP contribution < -0.4 is 0 Å². The predicted molar refractivity (Wildman–Crippen MR) is 236 cm³/mol. The summed E-state index contributed by atoms with van der Waals surface area (Å²) in [5, 5.41) is 6.72. The van der Waals surface area contributed by atoms with Crippen molar-refractivity contribution in [2.24, 2.45) is 9.98 Å². The molecule has 0 saturated carbocycles. The Labute approximate surface area is 328 Å². The van der Waals surface area contributed by atoms with Crippen LogP contribution in [-0.2, 0) is 0 Å². The van der Waals surface area contributed by atoms with Crippen LogP contribution in [0.1, 0.15) is 29.7 Å². The molecule has 1 atom stereocenters. The predicted octanol–water partition coefficient (Wildman–Crippen LogP) is 13.9. The van der Waals surface area contributed by atoms with Crippen molar-refractivity contribution in [1.82, 2.24) is 4.57 Å². The minimum atomic E-state index is -0.204. The summed E-state index contributed by atoms with van der Waals surface area (Å²) in [5.41, 5.74) is 11.9. The first-order valence-corrected chi connectivity index (χ1v) is 19.3. The lowest BCUT2D eigenvalue weighted by Crippen LogP contribution is -2.02. The summed E-state index contributed by atoms with van der Waals surface area (Å²) >= 11 is 0. The summed E-state index contributed by atoms with van der Waals surface area (Å²) < 4.78 is 15.5. The van der Waals surface area contributed by atoms with Crippen molar-refractivity contribution < 1.29 is 8.83 Å². The minimum Gasteiger partial charge on any atom is -0.455 e. The summed E-state index contributed by atoms with van der Waals surface area (Å²) in [5.74, 6) is 0.643. The van der Waals surface area contributed by atoms with Crippen molar-refractivity contribution in [2.45, 2.75) is 13.0 Å². The van der Waals surface area contributed by atoms with Gasteiger partial charge in [0.25, 0.3) is 0 Å². The molecule has 0 amide bonds. The van der Waals surface area contributed by atoms with Crippen LogP contribution in [0.4, 0.5) is 0 Å². The van der Waals surface area contributed by atoms with Gasteiger partial charge in [-0.2, -0.15) is 0 Å². The van der Waals surface area contributed by atoms with E-state index in [0.29, 0.717) is 5.84 Å².